The number of benzene rings is 2. The molecule has 1 atom stereocenters. The van der Waals surface area contributed by atoms with Gasteiger partial charge in [0, 0.05) is 13.1 Å². The molecule has 3 aromatic rings. The van der Waals surface area contributed by atoms with E-state index in [2.05, 4.69) is 24.4 Å². The van der Waals surface area contributed by atoms with Crippen molar-refractivity contribution in [3.63, 3.8) is 0 Å². The highest BCUT2D eigenvalue weighted by Crippen LogP contribution is 2.17. The zero-order chi connectivity index (χ0) is 20.1. The third-order valence-corrected chi connectivity index (χ3v) is 5.02. The summed E-state index contributed by atoms with van der Waals surface area (Å²) in [6.45, 7) is 4.54. The molecule has 1 N–H and O–H groups in total. The van der Waals surface area contributed by atoms with Gasteiger partial charge in [-0.1, -0.05) is 49.4 Å². The summed E-state index contributed by atoms with van der Waals surface area (Å²) < 4.78 is 2.53. The highest BCUT2D eigenvalue weighted by atomic mass is 16.2. The van der Waals surface area contributed by atoms with Crippen molar-refractivity contribution in [3.8, 4) is 0 Å². The highest BCUT2D eigenvalue weighted by molar-refractivity contribution is 5.81. The molecule has 146 valence electrons. The Kier molecular flexibility index (Phi) is 6.09. The van der Waals surface area contributed by atoms with Gasteiger partial charge in [0.1, 0.15) is 6.54 Å². The summed E-state index contributed by atoms with van der Waals surface area (Å²) in [4.78, 5) is 37.6. The second-order valence-corrected chi connectivity index (χ2v) is 6.89. The molecule has 0 spiro atoms. The summed E-state index contributed by atoms with van der Waals surface area (Å²) in [5, 5.41) is 3.33. The molecule has 2 aromatic carbocycles. The minimum atomic E-state index is -0.459. The first-order valence-corrected chi connectivity index (χ1v) is 9.57. The van der Waals surface area contributed by atoms with Crippen LogP contribution < -0.4 is 16.6 Å². The highest BCUT2D eigenvalue weighted by Gasteiger charge is 2.14. The lowest BCUT2D eigenvalue weighted by Gasteiger charge is -2.15. The number of hydrogen-bond donors (Lipinski definition) is 1. The van der Waals surface area contributed by atoms with E-state index in [9.17, 15) is 14.4 Å². The van der Waals surface area contributed by atoms with Crippen LogP contribution in [0.2, 0.25) is 0 Å². The first kappa shape index (κ1) is 19.6. The van der Waals surface area contributed by atoms with E-state index in [1.807, 2.05) is 18.2 Å². The quantitative estimate of drug-likeness (QED) is 0.685. The fourth-order valence-corrected chi connectivity index (χ4v) is 3.38. The monoisotopic (exact) mass is 379 g/mol. The van der Waals surface area contributed by atoms with Crippen molar-refractivity contribution in [3.05, 3.63) is 81.0 Å². The number of nitrogens with zero attached hydrogens (tertiary/aromatic N) is 2. The molecule has 1 unspecified atom stereocenters. The Labute approximate surface area is 163 Å². The number of nitrogens with one attached hydrogen (secondary N) is 1. The fraction of sp³-hybridized carbons (Fsp3) is 0.318. The Morgan fingerprint density at radius 1 is 1.00 bits per heavy atom. The summed E-state index contributed by atoms with van der Waals surface area (Å²) >= 11 is 0. The Hall–Kier alpha value is -3.15. The van der Waals surface area contributed by atoms with Crippen LogP contribution in [-0.4, -0.2) is 21.6 Å². The lowest BCUT2D eigenvalue weighted by molar-refractivity contribution is -0.121. The molecule has 0 aliphatic carbocycles. The van der Waals surface area contributed by atoms with E-state index in [1.54, 1.807) is 31.2 Å². The van der Waals surface area contributed by atoms with E-state index < -0.39 is 5.69 Å². The van der Waals surface area contributed by atoms with Gasteiger partial charge in [0.15, 0.2) is 0 Å². The van der Waals surface area contributed by atoms with Crippen LogP contribution in [0.15, 0.2) is 64.2 Å². The van der Waals surface area contributed by atoms with E-state index in [0.29, 0.717) is 23.4 Å². The van der Waals surface area contributed by atoms with Crippen LogP contribution in [0.25, 0.3) is 10.9 Å². The second kappa shape index (κ2) is 8.69. The molecule has 0 radical (unpaired) electrons. The molecule has 0 aliphatic heterocycles. The number of para-hydroxylation sites is 1. The Morgan fingerprint density at radius 2 is 1.68 bits per heavy atom. The van der Waals surface area contributed by atoms with E-state index >= 15 is 0 Å². The van der Waals surface area contributed by atoms with Gasteiger partial charge in [0.25, 0.3) is 5.56 Å². The molecule has 0 saturated carbocycles. The lowest BCUT2D eigenvalue weighted by atomic mass is 9.98. The van der Waals surface area contributed by atoms with Gasteiger partial charge in [-0.15, -0.1) is 0 Å². The topological polar surface area (TPSA) is 73.1 Å². The average molecular weight is 379 g/mol. The minimum absolute atomic E-state index is 0.112. The van der Waals surface area contributed by atoms with Gasteiger partial charge in [0.2, 0.25) is 5.91 Å². The minimum Gasteiger partial charge on any atom is -0.355 e. The van der Waals surface area contributed by atoms with Crippen LogP contribution in [0.4, 0.5) is 0 Å². The van der Waals surface area contributed by atoms with E-state index in [4.69, 9.17) is 0 Å². The average Bonchev–Trinajstić information content (AvgIpc) is 2.72. The molecule has 28 heavy (non-hydrogen) atoms. The number of carbonyl (C=O) groups is 1. The van der Waals surface area contributed by atoms with Crippen LogP contribution in [0.5, 0.6) is 0 Å². The molecule has 6 nitrogen and oxygen atoms in total. The number of aromatic nitrogens is 2. The van der Waals surface area contributed by atoms with Gasteiger partial charge >= 0.3 is 5.69 Å². The van der Waals surface area contributed by atoms with Crippen molar-refractivity contribution in [1.82, 2.24) is 14.5 Å². The van der Waals surface area contributed by atoms with Crippen molar-refractivity contribution < 1.29 is 4.79 Å². The molecule has 3 rings (SSSR count). The van der Waals surface area contributed by atoms with Crippen molar-refractivity contribution >= 4 is 16.8 Å². The summed E-state index contributed by atoms with van der Waals surface area (Å²) in [6, 6.07) is 17.0. The standard InChI is InChI=1S/C22H25N3O3/c1-3-24-21(27)18-11-7-8-12-19(18)25(22(24)28)15-20(26)23-14-13-16(2)17-9-5-4-6-10-17/h4-12,16H,3,13-15H2,1-2H3,(H,23,26). The third kappa shape index (κ3) is 4.06. The SMILES string of the molecule is CCn1c(=O)c2ccccc2n(CC(=O)NCCC(C)c2ccccc2)c1=O. The molecule has 0 saturated heterocycles. The van der Waals surface area contributed by atoms with Crippen LogP contribution in [0.3, 0.4) is 0 Å². The molecule has 1 amide bonds. The number of rotatable bonds is 7. The van der Waals surface area contributed by atoms with E-state index in [-0.39, 0.29) is 24.6 Å². The largest absolute Gasteiger partial charge is 0.355 e. The number of amides is 1. The maximum atomic E-state index is 12.7. The van der Waals surface area contributed by atoms with Crippen LogP contribution in [0, 0.1) is 0 Å². The normalized spacial score (nSPS) is 12.1. The van der Waals surface area contributed by atoms with Gasteiger partial charge in [-0.25, -0.2) is 4.79 Å². The maximum Gasteiger partial charge on any atom is 0.331 e. The zero-order valence-electron chi connectivity index (χ0n) is 16.2. The summed E-state index contributed by atoms with van der Waals surface area (Å²) in [5.74, 6) is 0.0841. The van der Waals surface area contributed by atoms with Gasteiger partial charge < -0.3 is 5.32 Å². The number of hydrogen-bond acceptors (Lipinski definition) is 3. The van der Waals surface area contributed by atoms with Crippen LogP contribution in [0.1, 0.15) is 31.7 Å². The van der Waals surface area contributed by atoms with Crippen LogP contribution >= 0.6 is 0 Å². The molecule has 0 bridgehead atoms. The molecular formula is C22H25N3O3. The molecule has 0 fully saturated rings. The predicted octanol–water partition coefficient (Wildman–Crippen LogP) is 2.49. The predicted molar refractivity (Wildman–Crippen MR) is 111 cm³/mol. The molecule has 1 aromatic heterocycles. The third-order valence-electron chi connectivity index (χ3n) is 5.02. The summed E-state index contributed by atoms with van der Waals surface area (Å²) in [5.41, 5.74) is 0.930. The van der Waals surface area contributed by atoms with E-state index in [1.165, 1.54) is 10.1 Å². The van der Waals surface area contributed by atoms with Gasteiger partial charge in [-0.3, -0.25) is 18.7 Å². The van der Waals surface area contributed by atoms with Crippen molar-refractivity contribution in [2.24, 2.45) is 0 Å². The zero-order valence-corrected chi connectivity index (χ0v) is 16.2. The summed E-state index contributed by atoms with van der Waals surface area (Å²) in [6.07, 6.45) is 0.805. The first-order valence-electron chi connectivity index (χ1n) is 9.57. The van der Waals surface area contributed by atoms with Gasteiger partial charge in [0.05, 0.1) is 10.9 Å². The number of fused-ring (bicyclic) bond motifs is 1. The molecular weight excluding hydrogens is 354 g/mol. The molecule has 0 aliphatic rings. The Balaban J connectivity index is 1.73. The Morgan fingerprint density at radius 3 is 2.39 bits per heavy atom. The fourth-order valence-electron chi connectivity index (χ4n) is 3.38. The second-order valence-electron chi connectivity index (χ2n) is 6.89. The number of carbonyl (C=O) groups excluding carboxylic acids is 1. The first-order chi connectivity index (χ1) is 13.5. The van der Waals surface area contributed by atoms with Gasteiger partial charge in [-0.2, -0.15) is 0 Å². The van der Waals surface area contributed by atoms with Crippen LogP contribution in [-0.2, 0) is 17.9 Å². The lowest BCUT2D eigenvalue weighted by Crippen LogP contribution is -2.42. The van der Waals surface area contributed by atoms with Crippen molar-refractivity contribution in [1.29, 1.82) is 0 Å². The molecule has 6 heteroatoms. The summed E-state index contributed by atoms with van der Waals surface area (Å²) in [7, 11) is 0. The van der Waals surface area contributed by atoms with Crippen molar-refractivity contribution in [2.75, 3.05) is 6.54 Å². The van der Waals surface area contributed by atoms with Gasteiger partial charge in [-0.05, 0) is 37.0 Å². The van der Waals surface area contributed by atoms with Crippen molar-refractivity contribution in [2.45, 2.75) is 39.3 Å². The van der Waals surface area contributed by atoms with E-state index in [0.717, 1.165) is 11.0 Å². The Bertz CT molecular complexity index is 1080. The molecule has 1 heterocycles. The smallest absolute Gasteiger partial charge is 0.331 e. The maximum absolute atomic E-state index is 12.7.